The molecule has 0 saturated carbocycles. The molecule has 0 aliphatic carbocycles. The summed E-state index contributed by atoms with van der Waals surface area (Å²) in [6.07, 6.45) is 8.77. The zero-order valence-corrected chi connectivity index (χ0v) is 33.3. The average Bonchev–Trinajstić information content (AvgIpc) is 3.02. The van der Waals surface area contributed by atoms with Gasteiger partial charge in [-0.2, -0.15) is 0 Å². The monoisotopic (exact) mass is 886 g/mol. The van der Waals surface area contributed by atoms with Crippen molar-refractivity contribution in [3.8, 4) is 0 Å². The number of nitrogens with one attached hydrogen (secondary N) is 1. The third-order valence-electron chi connectivity index (χ3n) is 6.85. The Kier molecular flexibility index (Phi) is 19.0. The van der Waals surface area contributed by atoms with Gasteiger partial charge in [0.1, 0.15) is 0 Å². The molecule has 0 fully saturated rings. The van der Waals surface area contributed by atoms with Crippen LogP contribution in [0.15, 0.2) is 103 Å². The molecule has 1 aliphatic rings. The van der Waals surface area contributed by atoms with Gasteiger partial charge in [-0.1, -0.05) is 67.6 Å². The quantitative estimate of drug-likeness (QED) is 0.163. The van der Waals surface area contributed by atoms with Crippen LogP contribution in [0.3, 0.4) is 0 Å². The zero-order valence-electron chi connectivity index (χ0n) is 30.6. The third-order valence-corrected chi connectivity index (χ3v) is 6.85. The van der Waals surface area contributed by atoms with Crippen molar-refractivity contribution in [2.24, 2.45) is 20.0 Å². The van der Waals surface area contributed by atoms with Crippen LogP contribution in [0.1, 0.15) is 58.1 Å². The van der Waals surface area contributed by atoms with E-state index in [1.165, 1.54) is 16.8 Å². The Hall–Kier alpha value is -3.29. The standard InChI is InChI=1S/C34H46N6.2F6P.Ni/c1-5-22-40(27-32-16-10-7-11-17-32)30(4)34-26-37-19-12-18-35-24-33(25-36-20-13-21-38-29(34)3)28(2)39-23-31-14-8-6-9-15-31;2*1-7(2,3,4,5)6;/h6-11,14-17,24-26,39H,5,12-13,18-23,27H2,1-4H3;;;/q;2*-1;+2/b33-28-,34-30-,35-24?,36-25?,37-26?,38-29?;;;. The van der Waals surface area contributed by atoms with Gasteiger partial charge in [-0.15, -0.1) is 0 Å². The first-order chi connectivity index (χ1) is 24.5. The van der Waals surface area contributed by atoms with Gasteiger partial charge in [0, 0.05) is 92.7 Å². The van der Waals surface area contributed by atoms with Gasteiger partial charge in [0.25, 0.3) is 0 Å². The van der Waals surface area contributed by atoms with E-state index >= 15 is 0 Å². The van der Waals surface area contributed by atoms with Crippen molar-refractivity contribution >= 4 is 40.0 Å². The van der Waals surface area contributed by atoms with E-state index in [2.05, 4.69) is 92.5 Å². The summed E-state index contributed by atoms with van der Waals surface area (Å²) in [5.74, 6) is 0. The van der Waals surface area contributed by atoms with Gasteiger partial charge in [0.15, 0.2) is 0 Å². The Labute approximate surface area is 323 Å². The maximum atomic E-state index is 9.87. The molecule has 0 saturated heterocycles. The zero-order chi connectivity index (χ0) is 41.2. The number of rotatable bonds is 8. The molecule has 21 heteroatoms. The fourth-order valence-corrected chi connectivity index (χ4v) is 4.45. The molecule has 2 aromatic carbocycles. The molecule has 2 aromatic rings. The van der Waals surface area contributed by atoms with Gasteiger partial charge in [0.05, 0.1) is 0 Å². The molecule has 0 unspecified atom stereocenters. The van der Waals surface area contributed by atoms with E-state index in [1.54, 1.807) is 0 Å². The molecule has 0 amide bonds. The maximum absolute atomic E-state index is 10.7. The van der Waals surface area contributed by atoms with Crippen LogP contribution in [0, 0.1) is 0 Å². The van der Waals surface area contributed by atoms with Gasteiger partial charge in [-0.25, -0.2) is 0 Å². The summed E-state index contributed by atoms with van der Waals surface area (Å²) in [6.45, 7) is 14.2. The van der Waals surface area contributed by atoms with Crippen LogP contribution in [0.2, 0.25) is 0 Å². The molecule has 55 heavy (non-hydrogen) atoms. The van der Waals surface area contributed by atoms with Gasteiger partial charge < -0.3 is 10.2 Å². The Morgan fingerprint density at radius 1 is 0.655 bits per heavy atom. The second kappa shape index (κ2) is 20.2. The third kappa shape index (κ3) is 33.8. The van der Waals surface area contributed by atoms with Gasteiger partial charge in [-0.3, -0.25) is 20.0 Å². The van der Waals surface area contributed by atoms with Crippen molar-refractivity contribution in [1.29, 1.82) is 0 Å². The minimum Gasteiger partial charge on any atom is 2.00 e. The first kappa shape index (κ1) is 51.7. The SMILES string of the molecule is CCCN(Cc1ccccc1)/C(C)=C1/C=NCCCN=C/C(=C(\C)NCc2ccccc2)C=NCCCN=C1C.F[P-](F)(F)(F)(F)F.F[P-](F)(F)(F)(F)F.[Ni+2]. The molecule has 1 N–H and O–H groups in total. The molecule has 316 valence electrons. The van der Waals surface area contributed by atoms with Gasteiger partial charge in [0.2, 0.25) is 0 Å². The van der Waals surface area contributed by atoms with Crippen molar-refractivity contribution in [3.05, 3.63) is 94.3 Å². The number of nitrogens with zero attached hydrogens (tertiary/aromatic N) is 5. The second-order valence-corrected chi connectivity index (χ2v) is 15.9. The minimum atomic E-state index is -10.7. The fraction of sp³-hybridized carbons (Fsp3) is 0.412. The normalized spacial score (nSPS) is 18.8. The summed E-state index contributed by atoms with van der Waals surface area (Å²) in [7, 11) is -21.3. The first-order valence-electron chi connectivity index (χ1n) is 16.6. The molecular weight excluding hydrogens is 841 g/mol. The van der Waals surface area contributed by atoms with Gasteiger partial charge in [-0.05, 0) is 51.2 Å². The molecule has 1 heterocycles. The van der Waals surface area contributed by atoms with Crippen LogP contribution in [0.25, 0.3) is 0 Å². The molecular formula is C34H46F12N6NiP2. The van der Waals surface area contributed by atoms with Crippen LogP contribution in [0.4, 0.5) is 50.4 Å². The van der Waals surface area contributed by atoms with Crippen LogP contribution < -0.4 is 5.32 Å². The van der Waals surface area contributed by atoms with Crippen molar-refractivity contribution in [1.82, 2.24) is 10.2 Å². The van der Waals surface area contributed by atoms with E-state index in [0.717, 1.165) is 87.6 Å². The number of benzene rings is 2. The maximum Gasteiger partial charge on any atom is 2.00 e. The smallest absolute Gasteiger partial charge is 2.00 e. The summed E-state index contributed by atoms with van der Waals surface area (Å²) in [6, 6.07) is 21.1. The Morgan fingerprint density at radius 3 is 1.53 bits per heavy atom. The molecule has 0 radical (unpaired) electrons. The van der Waals surface area contributed by atoms with Gasteiger partial charge >= 0.3 is 82.5 Å². The predicted molar refractivity (Wildman–Crippen MR) is 200 cm³/mol. The largest absolute Gasteiger partial charge is 2.00 e. The number of halogens is 12. The topological polar surface area (TPSA) is 64.7 Å². The first-order valence-corrected chi connectivity index (χ1v) is 20.7. The van der Waals surface area contributed by atoms with E-state index in [1.807, 2.05) is 24.7 Å². The predicted octanol–water partition coefficient (Wildman–Crippen LogP) is 13.5. The van der Waals surface area contributed by atoms with Crippen LogP contribution >= 0.6 is 15.6 Å². The Morgan fingerprint density at radius 2 is 1.07 bits per heavy atom. The second-order valence-electron chi connectivity index (χ2n) is 12.0. The summed E-state index contributed by atoms with van der Waals surface area (Å²) < 4.78 is 118. The summed E-state index contributed by atoms with van der Waals surface area (Å²) in [5.41, 5.74) is 8.02. The van der Waals surface area contributed by atoms with Crippen LogP contribution in [-0.4, -0.2) is 62.0 Å². The van der Waals surface area contributed by atoms with E-state index in [0.29, 0.717) is 0 Å². The summed E-state index contributed by atoms with van der Waals surface area (Å²) in [5, 5.41) is 3.52. The molecule has 1 aliphatic heterocycles. The minimum absolute atomic E-state index is 0. The fourth-order valence-electron chi connectivity index (χ4n) is 4.45. The van der Waals surface area contributed by atoms with E-state index < -0.39 is 15.6 Å². The van der Waals surface area contributed by atoms with Crippen molar-refractivity contribution < 1.29 is 66.9 Å². The van der Waals surface area contributed by atoms with E-state index in [4.69, 9.17) is 20.0 Å². The van der Waals surface area contributed by atoms with E-state index in [-0.39, 0.29) is 16.5 Å². The van der Waals surface area contributed by atoms with Crippen molar-refractivity contribution in [3.63, 3.8) is 0 Å². The van der Waals surface area contributed by atoms with E-state index in [9.17, 15) is 50.4 Å². The molecule has 3 rings (SSSR count). The van der Waals surface area contributed by atoms with Crippen LogP contribution in [-0.2, 0) is 29.6 Å². The van der Waals surface area contributed by atoms with Crippen molar-refractivity contribution in [2.45, 2.75) is 60.0 Å². The number of allylic oxidation sites excluding steroid dienone is 4. The molecule has 0 aromatic heterocycles. The molecule has 0 bridgehead atoms. The molecule has 6 nitrogen and oxygen atoms in total. The molecule has 0 spiro atoms. The number of aliphatic imine (C=N–C) groups is 4. The number of hydrogen-bond acceptors (Lipinski definition) is 6. The summed E-state index contributed by atoms with van der Waals surface area (Å²) >= 11 is 0. The Balaban J connectivity index is 0.00000165. The Bertz CT molecular complexity index is 1610. The summed E-state index contributed by atoms with van der Waals surface area (Å²) in [4.78, 5) is 21.6. The number of hydrogen-bond donors (Lipinski definition) is 1. The van der Waals surface area contributed by atoms with Crippen molar-refractivity contribution in [2.75, 3.05) is 32.7 Å². The average molecular weight is 887 g/mol. The van der Waals surface area contributed by atoms with Crippen LogP contribution in [0.5, 0.6) is 0 Å². The molecule has 0 atom stereocenters.